The number of imidazole rings is 1. The number of nitrogens with two attached hydrogens (primary N) is 1. The maximum Gasteiger partial charge on any atom is 0.254 e. The zero-order chi connectivity index (χ0) is 23.1. The fourth-order valence-electron chi connectivity index (χ4n) is 6.11. The van der Waals surface area contributed by atoms with Gasteiger partial charge in [0.25, 0.3) is 5.91 Å². The Balaban J connectivity index is 1.33. The zero-order valence-corrected chi connectivity index (χ0v) is 19.1. The molecule has 3 aromatic heterocycles. The number of piperidine rings is 1. The highest BCUT2D eigenvalue weighted by Crippen LogP contribution is 2.39. The average molecular weight is 459 g/mol. The smallest absolute Gasteiger partial charge is 0.254 e. The fourth-order valence-corrected chi connectivity index (χ4v) is 6.11. The van der Waals surface area contributed by atoms with Gasteiger partial charge in [-0.2, -0.15) is 0 Å². The van der Waals surface area contributed by atoms with Gasteiger partial charge in [0, 0.05) is 49.4 Å². The summed E-state index contributed by atoms with van der Waals surface area (Å²) in [6.45, 7) is 1.54. The van der Waals surface area contributed by atoms with Gasteiger partial charge in [-0.1, -0.05) is 0 Å². The molecule has 2 N–H and O–H groups in total. The third-order valence-corrected chi connectivity index (χ3v) is 8.11. The number of pyridine rings is 1. The summed E-state index contributed by atoms with van der Waals surface area (Å²) < 4.78 is 19.4. The summed E-state index contributed by atoms with van der Waals surface area (Å²) >= 11 is 0. The predicted octanol–water partition coefficient (Wildman–Crippen LogP) is 3.70. The van der Waals surface area contributed by atoms with E-state index in [2.05, 4.69) is 15.6 Å². The van der Waals surface area contributed by atoms with Gasteiger partial charge in [-0.25, -0.2) is 14.4 Å². The van der Waals surface area contributed by atoms with E-state index < -0.39 is 5.82 Å². The Hall–Kier alpha value is -3.26. The molecule has 7 rings (SSSR count). The maximum atomic E-state index is 15.4. The number of hydrogen-bond donors (Lipinski definition) is 1. The molecule has 2 unspecified atom stereocenters. The van der Waals surface area contributed by atoms with Gasteiger partial charge in [-0.05, 0) is 67.9 Å². The van der Waals surface area contributed by atoms with Crippen molar-refractivity contribution in [3.05, 3.63) is 47.9 Å². The normalized spacial score (nSPS) is 24.1. The molecule has 3 fully saturated rings. The van der Waals surface area contributed by atoms with Crippen LogP contribution in [0, 0.1) is 17.7 Å². The summed E-state index contributed by atoms with van der Waals surface area (Å²) in [7, 11) is 1.83. The first-order valence-corrected chi connectivity index (χ1v) is 12.2. The molecule has 4 aromatic rings. The molecule has 1 aliphatic heterocycles. The van der Waals surface area contributed by atoms with Crippen molar-refractivity contribution in [1.29, 1.82) is 0 Å². The molecule has 2 bridgehead atoms. The van der Waals surface area contributed by atoms with Crippen molar-refractivity contribution in [2.75, 3.05) is 6.54 Å². The second kappa shape index (κ2) is 7.12. The quantitative estimate of drug-likeness (QED) is 0.506. The Kier molecular flexibility index (Phi) is 4.22. The highest BCUT2D eigenvalue weighted by molar-refractivity contribution is 5.98. The number of aromatic nitrogens is 4. The molecule has 8 heteroatoms. The topological polar surface area (TPSA) is 82.0 Å². The SMILES string of the molecule is Cn1c(-c2cc3cccnc3n2CC2CC2)nc2cc(C(=O)N3C[C@H]4CCC3C4N)cc(F)c21. The number of halogens is 1. The minimum Gasteiger partial charge on any atom is -0.334 e. The Labute approximate surface area is 196 Å². The van der Waals surface area contributed by atoms with Crippen molar-refractivity contribution in [2.45, 2.75) is 44.3 Å². The second-order valence-corrected chi connectivity index (χ2v) is 10.3. The highest BCUT2D eigenvalue weighted by Gasteiger charge is 2.47. The van der Waals surface area contributed by atoms with E-state index in [1.807, 2.05) is 24.1 Å². The maximum absolute atomic E-state index is 15.4. The van der Waals surface area contributed by atoms with E-state index in [1.165, 1.54) is 18.9 Å². The van der Waals surface area contributed by atoms with Crippen LogP contribution in [-0.2, 0) is 13.6 Å². The van der Waals surface area contributed by atoms with E-state index in [1.54, 1.807) is 16.8 Å². The number of amides is 1. The van der Waals surface area contributed by atoms with Gasteiger partial charge in [0.1, 0.15) is 17.0 Å². The molecule has 3 aliphatic rings. The van der Waals surface area contributed by atoms with Gasteiger partial charge in [0.05, 0.1) is 11.2 Å². The van der Waals surface area contributed by atoms with Crippen molar-refractivity contribution in [1.82, 2.24) is 24.0 Å². The van der Waals surface area contributed by atoms with Crippen LogP contribution in [0.4, 0.5) is 4.39 Å². The lowest BCUT2D eigenvalue weighted by atomic mass is 10.1. The zero-order valence-electron chi connectivity index (χ0n) is 19.1. The van der Waals surface area contributed by atoms with E-state index >= 15 is 4.39 Å². The number of aryl methyl sites for hydroxylation is 1. The van der Waals surface area contributed by atoms with E-state index in [0.29, 0.717) is 40.8 Å². The van der Waals surface area contributed by atoms with Crippen LogP contribution in [0.1, 0.15) is 36.0 Å². The summed E-state index contributed by atoms with van der Waals surface area (Å²) in [5.41, 5.74) is 9.38. The molecule has 1 amide bonds. The lowest BCUT2D eigenvalue weighted by Crippen LogP contribution is -2.41. The van der Waals surface area contributed by atoms with Crippen LogP contribution in [0.2, 0.25) is 0 Å². The van der Waals surface area contributed by atoms with Gasteiger partial charge < -0.3 is 19.8 Å². The first-order valence-electron chi connectivity index (χ1n) is 12.2. The van der Waals surface area contributed by atoms with Crippen LogP contribution >= 0.6 is 0 Å². The lowest BCUT2D eigenvalue weighted by molar-refractivity contribution is 0.0700. The summed E-state index contributed by atoms with van der Waals surface area (Å²) in [6, 6.07) is 9.23. The molecule has 1 saturated heterocycles. The molecule has 34 heavy (non-hydrogen) atoms. The molecule has 7 nitrogen and oxygen atoms in total. The van der Waals surface area contributed by atoms with E-state index in [9.17, 15) is 4.79 Å². The molecule has 4 heterocycles. The van der Waals surface area contributed by atoms with Gasteiger partial charge in [-0.15, -0.1) is 0 Å². The van der Waals surface area contributed by atoms with Gasteiger partial charge in [-0.3, -0.25) is 4.79 Å². The Bertz CT molecular complexity index is 1470. The van der Waals surface area contributed by atoms with E-state index in [0.717, 1.165) is 36.1 Å². The van der Waals surface area contributed by atoms with Crippen molar-refractivity contribution in [2.24, 2.45) is 24.6 Å². The second-order valence-electron chi connectivity index (χ2n) is 10.3. The predicted molar refractivity (Wildman–Crippen MR) is 128 cm³/mol. The van der Waals surface area contributed by atoms with Crippen molar-refractivity contribution in [3.8, 4) is 11.5 Å². The monoisotopic (exact) mass is 458 g/mol. The molecule has 0 spiro atoms. The molecule has 3 atom stereocenters. The van der Waals surface area contributed by atoms with Crippen LogP contribution in [0.15, 0.2) is 36.5 Å². The van der Waals surface area contributed by atoms with Gasteiger partial charge >= 0.3 is 0 Å². The average Bonchev–Trinajstić information content (AvgIpc) is 3.22. The number of fused-ring (bicyclic) bond motifs is 4. The van der Waals surface area contributed by atoms with E-state index in [4.69, 9.17) is 10.7 Å². The highest BCUT2D eigenvalue weighted by atomic mass is 19.1. The van der Waals surface area contributed by atoms with Crippen LogP contribution in [0.5, 0.6) is 0 Å². The third kappa shape index (κ3) is 2.87. The summed E-state index contributed by atoms with van der Waals surface area (Å²) in [4.78, 5) is 24.6. The van der Waals surface area contributed by atoms with Gasteiger partial charge in [0.15, 0.2) is 5.82 Å². The first-order chi connectivity index (χ1) is 16.5. The Morgan fingerprint density at radius 2 is 2.06 bits per heavy atom. The molecule has 2 saturated carbocycles. The number of carbonyl (C=O) groups excluding carboxylic acids is 1. The Morgan fingerprint density at radius 3 is 2.79 bits per heavy atom. The number of rotatable bonds is 4. The van der Waals surface area contributed by atoms with Crippen molar-refractivity contribution < 1.29 is 9.18 Å². The molecular weight excluding hydrogens is 431 g/mol. The Morgan fingerprint density at radius 1 is 1.21 bits per heavy atom. The number of hydrogen-bond acceptors (Lipinski definition) is 4. The minimum absolute atomic E-state index is 0.0287. The van der Waals surface area contributed by atoms with Gasteiger partial charge in [0.2, 0.25) is 0 Å². The van der Waals surface area contributed by atoms with Crippen LogP contribution in [-0.4, -0.2) is 48.5 Å². The number of nitrogens with zero attached hydrogens (tertiary/aromatic N) is 5. The van der Waals surface area contributed by atoms with Crippen molar-refractivity contribution in [3.63, 3.8) is 0 Å². The van der Waals surface area contributed by atoms with Crippen molar-refractivity contribution >= 4 is 28.0 Å². The lowest BCUT2D eigenvalue weighted by Gasteiger charge is -2.27. The van der Waals surface area contributed by atoms with Crippen LogP contribution in [0.25, 0.3) is 33.6 Å². The standard InChI is InChI=1S/C26H27FN6O/c1-31-23-18(27)9-17(26(34)33-13-16-6-7-20(33)22(16)28)10-19(23)30-25(31)21-11-15-3-2-8-29-24(15)32(21)12-14-4-5-14/h2-3,8-11,14,16,20,22H,4-7,12-13,28H2,1H3/t16-,20?,22?/m1/s1. The van der Waals surface area contributed by atoms with E-state index in [-0.39, 0.29) is 18.0 Å². The van der Waals surface area contributed by atoms with Crippen LogP contribution in [0.3, 0.4) is 0 Å². The molecule has 2 aliphatic carbocycles. The third-order valence-electron chi connectivity index (χ3n) is 8.11. The molecule has 0 radical (unpaired) electrons. The minimum atomic E-state index is -0.432. The first kappa shape index (κ1) is 20.1. The number of carbonyl (C=O) groups is 1. The summed E-state index contributed by atoms with van der Waals surface area (Å²) in [5.74, 6) is 1.10. The summed E-state index contributed by atoms with van der Waals surface area (Å²) in [6.07, 6.45) is 6.23. The summed E-state index contributed by atoms with van der Waals surface area (Å²) in [5, 5.41) is 1.04. The molecule has 1 aromatic carbocycles. The largest absolute Gasteiger partial charge is 0.334 e. The molecular formula is C26H27FN6O. The fraction of sp³-hybridized carbons (Fsp3) is 0.423. The van der Waals surface area contributed by atoms with Crippen LogP contribution < -0.4 is 5.73 Å². The molecule has 174 valence electrons. The number of likely N-dealkylation sites (tertiary alicyclic amines) is 1. The number of benzene rings is 1.